The van der Waals surface area contributed by atoms with E-state index in [1.165, 1.54) is 0 Å². The van der Waals surface area contributed by atoms with E-state index >= 15 is 0 Å². The SMILES string of the molecule is CC1(C)C(O)CC(O)CC1O. The highest BCUT2D eigenvalue weighted by Gasteiger charge is 2.41. The van der Waals surface area contributed by atoms with E-state index in [9.17, 15) is 10.2 Å². The Morgan fingerprint density at radius 2 is 1.36 bits per heavy atom. The van der Waals surface area contributed by atoms with Crippen LogP contribution in [0.15, 0.2) is 0 Å². The van der Waals surface area contributed by atoms with Gasteiger partial charge >= 0.3 is 0 Å². The molecule has 1 rings (SSSR count). The predicted octanol–water partition coefficient (Wildman–Crippen LogP) is -0.111. The fourth-order valence-corrected chi connectivity index (χ4v) is 1.44. The van der Waals surface area contributed by atoms with E-state index in [-0.39, 0.29) is 0 Å². The van der Waals surface area contributed by atoms with Gasteiger partial charge in [0.05, 0.1) is 18.3 Å². The molecule has 1 saturated carbocycles. The Balaban J connectivity index is 2.67. The molecule has 0 bridgehead atoms. The summed E-state index contributed by atoms with van der Waals surface area (Å²) in [6.45, 7) is 3.63. The van der Waals surface area contributed by atoms with Gasteiger partial charge in [-0.05, 0) is 12.8 Å². The van der Waals surface area contributed by atoms with Crippen molar-refractivity contribution in [3.05, 3.63) is 0 Å². The van der Waals surface area contributed by atoms with Gasteiger partial charge < -0.3 is 15.3 Å². The minimum absolute atomic E-state index is 0.379. The van der Waals surface area contributed by atoms with Gasteiger partial charge in [-0.15, -0.1) is 0 Å². The first-order valence-electron chi connectivity index (χ1n) is 3.98. The first-order chi connectivity index (χ1) is 4.94. The molecule has 0 aromatic rings. The van der Waals surface area contributed by atoms with Crippen molar-refractivity contribution in [2.45, 2.75) is 45.0 Å². The van der Waals surface area contributed by atoms with Crippen LogP contribution in [0.5, 0.6) is 0 Å². The molecule has 3 nitrogen and oxygen atoms in total. The number of hydrogen-bond donors (Lipinski definition) is 3. The zero-order valence-corrected chi connectivity index (χ0v) is 6.99. The van der Waals surface area contributed by atoms with Crippen molar-refractivity contribution >= 4 is 0 Å². The third-order valence-electron chi connectivity index (χ3n) is 2.71. The number of hydrogen-bond acceptors (Lipinski definition) is 3. The third kappa shape index (κ3) is 1.55. The quantitative estimate of drug-likeness (QED) is 0.463. The molecule has 0 aromatic carbocycles. The maximum absolute atomic E-state index is 9.46. The molecule has 0 aromatic heterocycles. The monoisotopic (exact) mass is 160 g/mol. The molecular formula is C8H16O3. The summed E-state index contributed by atoms with van der Waals surface area (Å²) < 4.78 is 0. The van der Waals surface area contributed by atoms with E-state index in [0.29, 0.717) is 12.8 Å². The van der Waals surface area contributed by atoms with Crippen molar-refractivity contribution in [2.75, 3.05) is 0 Å². The minimum Gasteiger partial charge on any atom is -0.393 e. The van der Waals surface area contributed by atoms with Crippen molar-refractivity contribution in [1.29, 1.82) is 0 Å². The van der Waals surface area contributed by atoms with Gasteiger partial charge in [0.1, 0.15) is 0 Å². The minimum atomic E-state index is -0.596. The lowest BCUT2D eigenvalue weighted by atomic mass is 9.72. The van der Waals surface area contributed by atoms with Crippen molar-refractivity contribution < 1.29 is 15.3 Å². The fraction of sp³-hybridized carbons (Fsp3) is 1.00. The van der Waals surface area contributed by atoms with Crippen molar-refractivity contribution in [3.63, 3.8) is 0 Å². The highest BCUT2D eigenvalue weighted by Crippen LogP contribution is 2.35. The molecule has 3 heteroatoms. The van der Waals surface area contributed by atoms with Gasteiger partial charge in [-0.1, -0.05) is 13.8 Å². The highest BCUT2D eigenvalue weighted by atomic mass is 16.3. The van der Waals surface area contributed by atoms with Crippen LogP contribution >= 0.6 is 0 Å². The van der Waals surface area contributed by atoms with Crippen LogP contribution in [0.1, 0.15) is 26.7 Å². The summed E-state index contributed by atoms with van der Waals surface area (Å²) in [7, 11) is 0. The number of aliphatic hydroxyl groups excluding tert-OH is 3. The van der Waals surface area contributed by atoms with E-state index < -0.39 is 23.7 Å². The zero-order chi connectivity index (χ0) is 8.65. The van der Waals surface area contributed by atoms with E-state index in [1.807, 2.05) is 13.8 Å². The van der Waals surface area contributed by atoms with Crippen LogP contribution in [0.2, 0.25) is 0 Å². The maximum Gasteiger partial charge on any atom is 0.0640 e. The zero-order valence-electron chi connectivity index (χ0n) is 6.99. The fourth-order valence-electron chi connectivity index (χ4n) is 1.44. The second-order valence-corrected chi connectivity index (χ2v) is 3.98. The summed E-state index contributed by atoms with van der Waals surface area (Å²) in [5.41, 5.74) is -0.473. The van der Waals surface area contributed by atoms with Crippen LogP contribution in [0, 0.1) is 5.41 Å². The predicted molar refractivity (Wildman–Crippen MR) is 41.0 cm³/mol. The summed E-state index contributed by atoms with van der Waals surface area (Å²) >= 11 is 0. The largest absolute Gasteiger partial charge is 0.393 e. The van der Waals surface area contributed by atoms with Crippen LogP contribution in [-0.4, -0.2) is 33.6 Å². The number of rotatable bonds is 0. The summed E-state index contributed by atoms with van der Waals surface area (Å²) in [6.07, 6.45) is -0.982. The third-order valence-corrected chi connectivity index (χ3v) is 2.71. The Labute approximate surface area is 66.7 Å². The second-order valence-electron chi connectivity index (χ2n) is 3.98. The molecule has 0 saturated heterocycles. The Morgan fingerprint density at radius 3 is 1.73 bits per heavy atom. The smallest absolute Gasteiger partial charge is 0.0640 e. The number of aliphatic hydroxyl groups is 3. The standard InChI is InChI=1S/C8H16O3/c1-8(2)6(10)3-5(9)4-7(8)11/h5-7,9-11H,3-4H2,1-2H3. The lowest BCUT2D eigenvalue weighted by Gasteiger charge is -2.41. The van der Waals surface area contributed by atoms with Crippen molar-refractivity contribution in [1.82, 2.24) is 0 Å². The lowest BCUT2D eigenvalue weighted by molar-refractivity contribution is -0.116. The Kier molecular flexibility index (Phi) is 2.23. The second kappa shape index (κ2) is 2.73. The van der Waals surface area contributed by atoms with Crippen LogP contribution in [-0.2, 0) is 0 Å². The van der Waals surface area contributed by atoms with Crippen molar-refractivity contribution in [2.24, 2.45) is 5.41 Å². The molecule has 1 aliphatic carbocycles. The normalized spacial score (nSPS) is 43.9. The molecule has 0 spiro atoms. The summed E-state index contributed by atoms with van der Waals surface area (Å²) in [5, 5.41) is 28.1. The average Bonchev–Trinajstić information content (AvgIpc) is 1.84. The molecule has 11 heavy (non-hydrogen) atoms. The van der Waals surface area contributed by atoms with Crippen LogP contribution in [0.25, 0.3) is 0 Å². The van der Waals surface area contributed by atoms with E-state index in [4.69, 9.17) is 5.11 Å². The highest BCUT2D eigenvalue weighted by molar-refractivity contribution is 4.92. The van der Waals surface area contributed by atoms with Crippen LogP contribution < -0.4 is 0 Å². The first-order valence-corrected chi connectivity index (χ1v) is 3.98. The van der Waals surface area contributed by atoms with Gasteiger partial charge in [0.2, 0.25) is 0 Å². The molecular weight excluding hydrogens is 144 g/mol. The molecule has 1 fully saturated rings. The Morgan fingerprint density at radius 1 is 1.00 bits per heavy atom. The molecule has 3 N–H and O–H groups in total. The van der Waals surface area contributed by atoms with Gasteiger partial charge in [0, 0.05) is 5.41 Å². The van der Waals surface area contributed by atoms with Gasteiger partial charge in [0.25, 0.3) is 0 Å². The first kappa shape index (κ1) is 8.97. The molecule has 0 radical (unpaired) electrons. The van der Waals surface area contributed by atoms with E-state index in [2.05, 4.69) is 0 Å². The summed E-state index contributed by atoms with van der Waals surface area (Å²) in [6, 6.07) is 0. The van der Waals surface area contributed by atoms with Gasteiger partial charge in [0.15, 0.2) is 0 Å². The molecule has 2 unspecified atom stereocenters. The van der Waals surface area contributed by atoms with Crippen molar-refractivity contribution in [3.8, 4) is 0 Å². The van der Waals surface area contributed by atoms with Gasteiger partial charge in [-0.3, -0.25) is 0 Å². The molecule has 1 aliphatic rings. The molecule has 2 atom stereocenters. The summed E-state index contributed by atoms with van der Waals surface area (Å²) in [4.78, 5) is 0. The van der Waals surface area contributed by atoms with Crippen LogP contribution in [0.4, 0.5) is 0 Å². The molecule has 0 heterocycles. The van der Waals surface area contributed by atoms with E-state index in [0.717, 1.165) is 0 Å². The lowest BCUT2D eigenvalue weighted by Crippen LogP contribution is -2.48. The average molecular weight is 160 g/mol. The van der Waals surface area contributed by atoms with Gasteiger partial charge in [-0.2, -0.15) is 0 Å². The maximum atomic E-state index is 9.46. The topological polar surface area (TPSA) is 60.7 Å². The Hall–Kier alpha value is -0.120. The van der Waals surface area contributed by atoms with E-state index in [1.54, 1.807) is 0 Å². The Bertz CT molecular complexity index is 130. The molecule has 66 valence electrons. The molecule has 0 aliphatic heterocycles. The molecule has 0 amide bonds. The summed E-state index contributed by atoms with van der Waals surface area (Å²) in [5.74, 6) is 0. The van der Waals surface area contributed by atoms with Crippen LogP contribution in [0.3, 0.4) is 0 Å². The van der Waals surface area contributed by atoms with Gasteiger partial charge in [-0.25, -0.2) is 0 Å².